The topological polar surface area (TPSA) is 60.2 Å². The molecule has 0 amide bonds. The minimum Gasteiger partial charge on any atom is -0.396 e. The van der Waals surface area contributed by atoms with Gasteiger partial charge in [0.05, 0.1) is 18.9 Å². The minimum atomic E-state index is 0.125. The number of hydrogen-bond acceptors (Lipinski definition) is 4. The molecule has 0 atom stereocenters. The summed E-state index contributed by atoms with van der Waals surface area (Å²) in [6, 6.07) is 0.352. The summed E-state index contributed by atoms with van der Waals surface area (Å²) in [4.78, 5) is 0. The van der Waals surface area contributed by atoms with Crippen LogP contribution in [0.25, 0.3) is 0 Å². The third kappa shape index (κ3) is 1.33. The number of ether oxygens (including phenoxy) is 1. The van der Waals surface area contributed by atoms with Crippen molar-refractivity contribution in [1.82, 2.24) is 15.0 Å². The zero-order valence-electron chi connectivity index (χ0n) is 6.68. The monoisotopic (exact) mass is 169 g/mol. The van der Waals surface area contributed by atoms with Crippen LogP contribution >= 0.6 is 0 Å². The Balaban J connectivity index is 2.02. The number of aliphatic hydroxyl groups excluding tert-OH is 1. The maximum Gasteiger partial charge on any atom is 0.100 e. The first kappa shape index (κ1) is 7.70. The van der Waals surface area contributed by atoms with Crippen molar-refractivity contribution >= 4 is 0 Å². The fraction of sp³-hybridized carbons (Fsp3) is 0.714. The van der Waals surface area contributed by atoms with Crippen molar-refractivity contribution in [3.8, 4) is 0 Å². The van der Waals surface area contributed by atoms with Crippen LogP contribution in [0, 0.1) is 0 Å². The van der Waals surface area contributed by atoms with E-state index in [2.05, 4.69) is 10.3 Å². The third-order valence-electron chi connectivity index (χ3n) is 1.92. The summed E-state index contributed by atoms with van der Waals surface area (Å²) in [6.07, 6.45) is 2.44. The van der Waals surface area contributed by atoms with Gasteiger partial charge in [0.2, 0.25) is 0 Å². The summed E-state index contributed by atoms with van der Waals surface area (Å²) >= 11 is 0. The van der Waals surface area contributed by atoms with Gasteiger partial charge in [-0.25, -0.2) is 4.68 Å². The van der Waals surface area contributed by atoms with Crippen LogP contribution in [-0.2, 0) is 11.2 Å². The number of aliphatic hydroxyl groups is 1. The molecule has 66 valence electrons. The smallest absolute Gasteiger partial charge is 0.100 e. The first-order valence-corrected chi connectivity index (χ1v) is 3.99. The predicted molar refractivity (Wildman–Crippen MR) is 40.7 cm³/mol. The van der Waals surface area contributed by atoms with E-state index in [-0.39, 0.29) is 6.61 Å². The molecule has 1 aliphatic rings. The lowest BCUT2D eigenvalue weighted by molar-refractivity contribution is -0.0293. The van der Waals surface area contributed by atoms with E-state index in [1.165, 1.54) is 0 Å². The Hall–Kier alpha value is -0.940. The zero-order valence-corrected chi connectivity index (χ0v) is 6.68. The molecule has 0 spiro atoms. The van der Waals surface area contributed by atoms with Crippen molar-refractivity contribution in [3.63, 3.8) is 0 Å². The highest BCUT2D eigenvalue weighted by Gasteiger charge is 2.21. The van der Waals surface area contributed by atoms with E-state index in [9.17, 15) is 0 Å². The Kier molecular flexibility index (Phi) is 2.05. The highest BCUT2D eigenvalue weighted by atomic mass is 16.5. The predicted octanol–water partition coefficient (Wildman–Crippen LogP) is -0.616. The summed E-state index contributed by atoms with van der Waals surface area (Å²) in [5.74, 6) is 0. The van der Waals surface area contributed by atoms with Crippen LogP contribution in [0.2, 0.25) is 0 Å². The van der Waals surface area contributed by atoms with Crippen LogP contribution in [0.1, 0.15) is 11.7 Å². The van der Waals surface area contributed by atoms with E-state index < -0.39 is 0 Å². The van der Waals surface area contributed by atoms with Crippen LogP contribution in [0.15, 0.2) is 6.20 Å². The van der Waals surface area contributed by atoms with Crippen LogP contribution < -0.4 is 0 Å². The van der Waals surface area contributed by atoms with Crippen molar-refractivity contribution in [3.05, 3.63) is 11.9 Å². The number of nitrogens with zero attached hydrogens (tertiary/aromatic N) is 3. The second kappa shape index (κ2) is 3.20. The van der Waals surface area contributed by atoms with Gasteiger partial charge in [0.1, 0.15) is 6.04 Å². The zero-order chi connectivity index (χ0) is 8.39. The largest absolute Gasteiger partial charge is 0.396 e. The second-order valence-corrected chi connectivity index (χ2v) is 2.85. The first-order valence-electron chi connectivity index (χ1n) is 3.99. The van der Waals surface area contributed by atoms with Crippen molar-refractivity contribution in [2.45, 2.75) is 12.5 Å². The molecule has 1 N–H and O–H groups in total. The molecule has 1 aromatic heterocycles. The lowest BCUT2D eigenvalue weighted by Crippen LogP contribution is -2.30. The maximum absolute atomic E-state index is 8.64. The van der Waals surface area contributed by atoms with Gasteiger partial charge in [-0.05, 0) is 0 Å². The molecule has 1 saturated heterocycles. The summed E-state index contributed by atoms with van der Waals surface area (Å²) in [5.41, 5.74) is 0.837. The normalized spacial score (nSPS) is 17.8. The molecule has 5 nitrogen and oxygen atoms in total. The van der Waals surface area contributed by atoms with Gasteiger partial charge in [0.15, 0.2) is 0 Å². The van der Waals surface area contributed by atoms with Gasteiger partial charge < -0.3 is 9.84 Å². The molecule has 5 heteroatoms. The fourth-order valence-electron chi connectivity index (χ4n) is 1.10. The molecule has 0 unspecified atom stereocenters. The van der Waals surface area contributed by atoms with Gasteiger partial charge in [-0.15, -0.1) is 5.10 Å². The van der Waals surface area contributed by atoms with Crippen molar-refractivity contribution in [2.24, 2.45) is 0 Å². The van der Waals surface area contributed by atoms with Gasteiger partial charge in [0.25, 0.3) is 0 Å². The molecule has 2 heterocycles. The lowest BCUT2D eigenvalue weighted by atomic mass is 10.2. The molecule has 12 heavy (non-hydrogen) atoms. The first-order chi connectivity index (χ1) is 5.90. The average Bonchev–Trinajstić information content (AvgIpc) is 2.34. The van der Waals surface area contributed by atoms with Crippen LogP contribution in [0.3, 0.4) is 0 Å². The molecule has 0 aromatic carbocycles. The molecule has 1 aliphatic heterocycles. The van der Waals surface area contributed by atoms with Gasteiger partial charge in [-0.3, -0.25) is 0 Å². The SMILES string of the molecule is OCCc1cn(C2COC2)nn1. The van der Waals surface area contributed by atoms with Crippen molar-refractivity contribution in [1.29, 1.82) is 0 Å². The molecular formula is C7H11N3O2. The van der Waals surface area contributed by atoms with E-state index in [1.807, 2.05) is 6.20 Å². The average molecular weight is 169 g/mol. The number of aromatic nitrogens is 3. The van der Waals surface area contributed by atoms with Crippen molar-refractivity contribution < 1.29 is 9.84 Å². The summed E-state index contributed by atoms with van der Waals surface area (Å²) in [7, 11) is 0. The fourth-order valence-corrected chi connectivity index (χ4v) is 1.10. The summed E-state index contributed by atoms with van der Waals surface area (Å²) in [6.45, 7) is 1.57. The molecule has 1 aromatic rings. The molecule has 0 radical (unpaired) electrons. The minimum absolute atomic E-state index is 0.125. The van der Waals surface area contributed by atoms with Gasteiger partial charge >= 0.3 is 0 Å². The summed E-state index contributed by atoms with van der Waals surface area (Å²) < 4.78 is 6.82. The summed E-state index contributed by atoms with van der Waals surface area (Å²) in [5, 5.41) is 16.5. The Morgan fingerprint density at radius 2 is 2.50 bits per heavy atom. The van der Waals surface area contributed by atoms with Gasteiger partial charge in [-0.2, -0.15) is 0 Å². The number of rotatable bonds is 3. The van der Waals surface area contributed by atoms with E-state index in [1.54, 1.807) is 4.68 Å². The second-order valence-electron chi connectivity index (χ2n) is 2.85. The Morgan fingerprint density at radius 3 is 3.08 bits per heavy atom. The van der Waals surface area contributed by atoms with E-state index in [0.29, 0.717) is 12.5 Å². The van der Waals surface area contributed by atoms with Crippen molar-refractivity contribution in [2.75, 3.05) is 19.8 Å². The Labute approximate surface area is 70.0 Å². The molecule has 0 aliphatic carbocycles. The van der Waals surface area contributed by atoms with Gasteiger partial charge in [0, 0.05) is 19.2 Å². The Morgan fingerprint density at radius 1 is 1.67 bits per heavy atom. The Bertz CT molecular complexity index is 257. The highest BCUT2D eigenvalue weighted by molar-refractivity contribution is 4.94. The van der Waals surface area contributed by atoms with Crippen LogP contribution in [0.5, 0.6) is 0 Å². The number of hydrogen-bond donors (Lipinski definition) is 1. The molecule has 0 bridgehead atoms. The van der Waals surface area contributed by atoms with E-state index >= 15 is 0 Å². The maximum atomic E-state index is 8.64. The molecule has 1 fully saturated rings. The third-order valence-corrected chi connectivity index (χ3v) is 1.92. The quantitative estimate of drug-likeness (QED) is 0.655. The highest BCUT2D eigenvalue weighted by Crippen LogP contribution is 2.15. The molecular weight excluding hydrogens is 158 g/mol. The lowest BCUT2D eigenvalue weighted by Gasteiger charge is -2.25. The van der Waals surface area contributed by atoms with Crippen LogP contribution in [0.4, 0.5) is 0 Å². The van der Waals surface area contributed by atoms with Gasteiger partial charge in [-0.1, -0.05) is 5.21 Å². The standard InChI is InChI=1S/C7H11N3O2/c11-2-1-6-3-10(9-8-6)7-4-12-5-7/h3,7,11H,1-2,4-5H2. The molecule has 2 rings (SSSR count). The van der Waals surface area contributed by atoms with Crippen LogP contribution in [-0.4, -0.2) is 39.9 Å². The van der Waals surface area contributed by atoms with E-state index in [0.717, 1.165) is 18.9 Å². The van der Waals surface area contributed by atoms with E-state index in [4.69, 9.17) is 9.84 Å². The molecule has 0 saturated carbocycles.